The van der Waals surface area contributed by atoms with Gasteiger partial charge in [0.2, 0.25) is 0 Å². The van der Waals surface area contributed by atoms with E-state index in [0.717, 1.165) is 0 Å². The molecule has 0 atom stereocenters. The van der Waals surface area contributed by atoms with Gasteiger partial charge in [-0.1, -0.05) is 0 Å². The van der Waals surface area contributed by atoms with E-state index in [1.165, 1.54) is 23.0 Å². The first-order chi connectivity index (χ1) is 12.0. The van der Waals surface area contributed by atoms with E-state index in [2.05, 4.69) is 36.8 Å². The highest BCUT2D eigenvalue weighted by atomic mass is 16.1. The second-order valence-corrected chi connectivity index (χ2v) is 5.73. The number of hydrogen-bond donors (Lipinski definition) is 2. The van der Waals surface area contributed by atoms with Gasteiger partial charge in [0.1, 0.15) is 0 Å². The van der Waals surface area contributed by atoms with Gasteiger partial charge in [0.25, 0.3) is 11.5 Å². The van der Waals surface area contributed by atoms with E-state index in [9.17, 15) is 9.59 Å². The number of hydrogen-bond acceptors (Lipinski definition) is 6. The number of aromatic amines is 1. The Labute approximate surface area is 143 Å². The summed E-state index contributed by atoms with van der Waals surface area (Å²) in [6.45, 7) is 2.20. The lowest BCUT2D eigenvalue weighted by Crippen LogP contribution is -2.28. The van der Waals surface area contributed by atoms with Crippen molar-refractivity contribution in [2.75, 3.05) is 6.54 Å². The zero-order valence-corrected chi connectivity index (χ0v) is 13.7. The standard InChI is InChI=1S/C16H17N7O2/c1-3-4-7-16(21-22-16)8-9-17-15(25)12-10-18-23(11(12)2)13-5-6-14(24)20-19-13/h1,5-6,10H,4,7-9H2,2H3,(H,17,25)(H,20,24). The minimum absolute atomic E-state index is 0.235. The van der Waals surface area contributed by atoms with E-state index in [0.29, 0.717) is 42.9 Å². The van der Waals surface area contributed by atoms with Crippen LogP contribution in [0.25, 0.3) is 5.82 Å². The zero-order valence-electron chi connectivity index (χ0n) is 13.7. The van der Waals surface area contributed by atoms with Crippen molar-refractivity contribution in [3.05, 3.63) is 39.9 Å². The highest BCUT2D eigenvalue weighted by Crippen LogP contribution is 2.36. The average Bonchev–Trinajstić information content (AvgIpc) is 3.27. The average molecular weight is 339 g/mol. The predicted octanol–water partition coefficient (Wildman–Crippen LogP) is 0.959. The monoisotopic (exact) mass is 339 g/mol. The van der Waals surface area contributed by atoms with Crippen molar-refractivity contribution in [3.8, 4) is 18.2 Å². The maximum atomic E-state index is 12.3. The number of terminal acetylenes is 1. The van der Waals surface area contributed by atoms with Gasteiger partial charge in [-0.05, 0) is 13.0 Å². The molecule has 0 spiro atoms. The SMILES string of the molecule is C#CCCC1(CCNC(=O)c2cnn(-c3ccc(=O)[nH]n3)c2C)N=N1. The molecular weight excluding hydrogens is 322 g/mol. The summed E-state index contributed by atoms with van der Waals surface area (Å²) in [7, 11) is 0. The molecule has 0 aromatic carbocycles. The van der Waals surface area contributed by atoms with Crippen molar-refractivity contribution in [1.82, 2.24) is 25.3 Å². The van der Waals surface area contributed by atoms with Gasteiger partial charge in [0.15, 0.2) is 11.5 Å². The molecule has 3 heterocycles. The fraction of sp³-hybridized carbons (Fsp3) is 0.375. The Morgan fingerprint density at radius 2 is 2.20 bits per heavy atom. The van der Waals surface area contributed by atoms with Crippen LogP contribution in [0.3, 0.4) is 0 Å². The van der Waals surface area contributed by atoms with Gasteiger partial charge in [0, 0.05) is 31.9 Å². The number of rotatable bonds is 7. The molecule has 2 aromatic heterocycles. The van der Waals surface area contributed by atoms with Crippen molar-refractivity contribution >= 4 is 5.91 Å². The maximum Gasteiger partial charge on any atom is 0.264 e. The van der Waals surface area contributed by atoms with Crippen LogP contribution in [0.2, 0.25) is 0 Å². The number of aromatic nitrogens is 4. The highest BCUT2D eigenvalue weighted by molar-refractivity contribution is 5.95. The van der Waals surface area contributed by atoms with Crippen LogP contribution in [0, 0.1) is 19.3 Å². The highest BCUT2D eigenvalue weighted by Gasteiger charge is 2.38. The molecule has 9 nitrogen and oxygen atoms in total. The van der Waals surface area contributed by atoms with E-state index >= 15 is 0 Å². The summed E-state index contributed by atoms with van der Waals surface area (Å²) in [4.78, 5) is 23.4. The Morgan fingerprint density at radius 1 is 1.40 bits per heavy atom. The Hall–Kier alpha value is -3.28. The predicted molar refractivity (Wildman–Crippen MR) is 89.3 cm³/mol. The fourth-order valence-corrected chi connectivity index (χ4v) is 2.46. The Bertz CT molecular complexity index is 893. The summed E-state index contributed by atoms with van der Waals surface area (Å²) < 4.78 is 1.49. The molecule has 0 unspecified atom stereocenters. The number of amides is 1. The van der Waals surface area contributed by atoms with Crippen LogP contribution < -0.4 is 10.9 Å². The first-order valence-electron chi connectivity index (χ1n) is 7.81. The van der Waals surface area contributed by atoms with Crippen molar-refractivity contribution in [3.63, 3.8) is 0 Å². The van der Waals surface area contributed by atoms with Gasteiger partial charge in [-0.3, -0.25) is 9.59 Å². The summed E-state index contributed by atoms with van der Waals surface area (Å²) in [5.41, 5.74) is 0.343. The normalized spacial score (nSPS) is 14.1. The molecule has 128 valence electrons. The lowest BCUT2D eigenvalue weighted by Gasteiger charge is -2.09. The van der Waals surface area contributed by atoms with Crippen LogP contribution in [0.1, 0.15) is 35.3 Å². The first-order valence-corrected chi connectivity index (χ1v) is 7.81. The molecule has 1 aliphatic rings. The summed E-state index contributed by atoms with van der Waals surface area (Å²) in [6.07, 6.45) is 8.66. The molecule has 0 fully saturated rings. The van der Waals surface area contributed by atoms with Gasteiger partial charge in [-0.2, -0.15) is 20.4 Å². The summed E-state index contributed by atoms with van der Waals surface area (Å²) in [5.74, 6) is 2.77. The second-order valence-electron chi connectivity index (χ2n) is 5.73. The molecular formula is C16H17N7O2. The van der Waals surface area contributed by atoms with Crippen LogP contribution in [-0.2, 0) is 0 Å². The Kier molecular flexibility index (Phi) is 4.43. The quantitative estimate of drug-likeness (QED) is 0.730. The second kappa shape index (κ2) is 6.68. The van der Waals surface area contributed by atoms with Crippen molar-refractivity contribution in [2.45, 2.75) is 31.8 Å². The van der Waals surface area contributed by atoms with Gasteiger partial charge in [0.05, 0.1) is 17.5 Å². The maximum absolute atomic E-state index is 12.3. The zero-order chi connectivity index (χ0) is 17.9. The molecule has 0 radical (unpaired) electrons. The molecule has 9 heteroatoms. The van der Waals surface area contributed by atoms with Crippen LogP contribution in [0.5, 0.6) is 0 Å². The van der Waals surface area contributed by atoms with Crippen LogP contribution in [-0.4, -0.2) is 38.1 Å². The smallest absolute Gasteiger partial charge is 0.264 e. The molecule has 0 bridgehead atoms. The minimum atomic E-state index is -0.418. The molecule has 1 amide bonds. The van der Waals surface area contributed by atoms with E-state index in [-0.39, 0.29) is 11.5 Å². The van der Waals surface area contributed by atoms with Crippen LogP contribution >= 0.6 is 0 Å². The molecule has 25 heavy (non-hydrogen) atoms. The van der Waals surface area contributed by atoms with E-state index in [1.54, 1.807) is 6.92 Å². The Morgan fingerprint density at radius 3 is 2.84 bits per heavy atom. The van der Waals surface area contributed by atoms with Crippen LogP contribution in [0.4, 0.5) is 0 Å². The van der Waals surface area contributed by atoms with Gasteiger partial charge < -0.3 is 5.32 Å². The third kappa shape index (κ3) is 3.63. The number of carbonyl (C=O) groups is 1. The lowest BCUT2D eigenvalue weighted by atomic mass is 10.0. The number of H-pyrrole nitrogens is 1. The number of nitrogens with one attached hydrogen (secondary N) is 2. The minimum Gasteiger partial charge on any atom is -0.352 e. The van der Waals surface area contributed by atoms with Gasteiger partial charge >= 0.3 is 0 Å². The van der Waals surface area contributed by atoms with Gasteiger partial charge in [-0.15, -0.1) is 12.3 Å². The third-order valence-electron chi connectivity index (χ3n) is 4.00. The van der Waals surface area contributed by atoms with Gasteiger partial charge in [-0.25, -0.2) is 9.78 Å². The first kappa shape index (κ1) is 16.6. The Balaban J connectivity index is 1.61. The fourth-order valence-electron chi connectivity index (χ4n) is 2.46. The molecule has 2 aromatic rings. The summed E-state index contributed by atoms with van der Waals surface area (Å²) >= 11 is 0. The van der Waals surface area contributed by atoms with Crippen molar-refractivity contribution in [2.24, 2.45) is 10.2 Å². The summed E-state index contributed by atoms with van der Waals surface area (Å²) in [5, 5.41) is 21.3. The molecule has 1 aliphatic heterocycles. The summed E-state index contributed by atoms with van der Waals surface area (Å²) in [6, 6.07) is 2.88. The van der Waals surface area contributed by atoms with E-state index < -0.39 is 5.66 Å². The molecule has 2 N–H and O–H groups in total. The van der Waals surface area contributed by atoms with Crippen molar-refractivity contribution < 1.29 is 4.79 Å². The van der Waals surface area contributed by atoms with Crippen molar-refractivity contribution in [1.29, 1.82) is 0 Å². The lowest BCUT2D eigenvalue weighted by molar-refractivity contribution is 0.0951. The topological polar surface area (TPSA) is 117 Å². The molecule has 0 saturated heterocycles. The molecule has 3 rings (SSSR count). The largest absolute Gasteiger partial charge is 0.352 e. The van der Waals surface area contributed by atoms with E-state index in [4.69, 9.17) is 6.42 Å². The van der Waals surface area contributed by atoms with E-state index in [1.807, 2.05) is 0 Å². The number of nitrogens with zero attached hydrogens (tertiary/aromatic N) is 5. The molecule has 0 aliphatic carbocycles. The third-order valence-corrected chi connectivity index (χ3v) is 4.00. The number of carbonyl (C=O) groups excluding carboxylic acids is 1. The molecule has 0 saturated carbocycles. The van der Waals surface area contributed by atoms with Crippen LogP contribution in [0.15, 0.2) is 33.4 Å².